The average molecular weight is 465 g/mol. The Morgan fingerprint density at radius 3 is 2.41 bits per heavy atom. The number of benzene rings is 2. The van der Waals surface area contributed by atoms with Crippen molar-refractivity contribution < 1.29 is 24.2 Å². The molecule has 7 heteroatoms. The zero-order valence-electron chi connectivity index (χ0n) is 20.0. The minimum Gasteiger partial charge on any atom is -0.507 e. The maximum absolute atomic E-state index is 13.2. The number of likely N-dealkylation sites (tertiary alicyclic amines) is 1. The van der Waals surface area contributed by atoms with E-state index in [1.54, 1.807) is 30.2 Å². The molecule has 2 aromatic rings. The first-order valence-electron chi connectivity index (χ1n) is 11.7. The number of hydrogen-bond donors (Lipinski definition) is 1. The van der Waals surface area contributed by atoms with Crippen molar-refractivity contribution in [1.82, 2.24) is 9.80 Å². The standard InChI is InChI=1S/C27H32N2O5/c1-18-5-7-20(8-6-18)24-23(25(30)22-10-9-21(33-3)17-19(22)2)26(31)27(32)29(24)12-4-11-28-13-15-34-16-14-28/h5-10,17,24,30H,4,11-16H2,1-3H3/b25-23-. The van der Waals surface area contributed by atoms with E-state index in [0.29, 0.717) is 17.9 Å². The maximum Gasteiger partial charge on any atom is 0.295 e. The highest BCUT2D eigenvalue weighted by Gasteiger charge is 2.45. The van der Waals surface area contributed by atoms with E-state index in [1.165, 1.54) is 0 Å². The van der Waals surface area contributed by atoms with E-state index < -0.39 is 17.7 Å². The van der Waals surface area contributed by atoms with Crippen molar-refractivity contribution in [3.8, 4) is 5.75 Å². The molecule has 1 amide bonds. The molecular weight excluding hydrogens is 432 g/mol. The summed E-state index contributed by atoms with van der Waals surface area (Å²) < 4.78 is 10.7. The van der Waals surface area contributed by atoms with Crippen LogP contribution < -0.4 is 4.74 Å². The smallest absolute Gasteiger partial charge is 0.295 e. The molecule has 4 rings (SSSR count). The number of rotatable bonds is 7. The van der Waals surface area contributed by atoms with E-state index in [2.05, 4.69) is 4.90 Å². The van der Waals surface area contributed by atoms with Crippen LogP contribution in [0.15, 0.2) is 48.0 Å². The third kappa shape index (κ3) is 4.86. The molecule has 2 aromatic carbocycles. The van der Waals surface area contributed by atoms with Crippen molar-refractivity contribution in [2.45, 2.75) is 26.3 Å². The number of carbonyl (C=O) groups is 2. The van der Waals surface area contributed by atoms with Gasteiger partial charge in [0.05, 0.1) is 31.9 Å². The number of aliphatic hydroxyl groups excluding tert-OH is 1. The highest BCUT2D eigenvalue weighted by molar-refractivity contribution is 6.46. The van der Waals surface area contributed by atoms with Gasteiger partial charge in [0.2, 0.25) is 0 Å². The van der Waals surface area contributed by atoms with Crippen molar-refractivity contribution >= 4 is 17.4 Å². The zero-order chi connectivity index (χ0) is 24.2. The quantitative estimate of drug-likeness (QED) is 0.384. The molecule has 2 aliphatic rings. The molecule has 1 atom stereocenters. The first-order valence-corrected chi connectivity index (χ1v) is 11.7. The highest BCUT2D eigenvalue weighted by Crippen LogP contribution is 2.40. The van der Waals surface area contributed by atoms with Crippen LogP contribution in [0.5, 0.6) is 5.75 Å². The minimum absolute atomic E-state index is 0.133. The summed E-state index contributed by atoms with van der Waals surface area (Å²) in [6.45, 7) is 8.27. The Labute approximate surface area is 200 Å². The number of Topliss-reactive ketones (excluding diaryl/α,β-unsaturated/α-hetero) is 1. The van der Waals surface area contributed by atoms with Crippen LogP contribution in [-0.4, -0.2) is 73.1 Å². The number of ether oxygens (including phenoxy) is 2. The van der Waals surface area contributed by atoms with Crippen LogP contribution in [-0.2, 0) is 14.3 Å². The van der Waals surface area contributed by atoms with Crippen LogP contribution in [0.3, 0.4) is 0 Å². The molecule has 1 N–H and O–H groups in total. The van der Waals surface area contributed by atoms with Gasteiger partial charge in [0.15, 0.2) is 0 Å². The lowest BCUT2D eigenvalue weighted by Crippen LogP contribution is -2.38. The van der Waals surface area contributed by atoms with Crippen LogP contribution in [0, 0.1) is 13.8 Å². The number of ketones is 1. The van der Waals surface area contributed by atoms with Gasteiger partial charge >= 0.3 is 0 Å². The summed E-state index contributed by atoms with van der Waals surface area (Å²) >= 11 is 0. The normalized spacial score (nSPS) is 20.7. The van der Waals surface area contributed by atoms with E-state index in [-0.39, 0.29) is 11.3 Å². The van der Waals surface area contributed by atoms with Gasteiger partial charge < -0.3 is 19.5 Å². The van der Waals surface area contributed by atoms with E-state index in [4.69, 9.17) is 9.47 Å². The molecule has 180 valence electrons. The summed E-state index contributed by atoms with van der Waals surface area (Å²) in [5, 5.41) is 11.3. The monoisotopic (exact) mass is 464 g/mol. The van der Waals surface area contributed by atoms with E-state index in [0.717, 1.165) is 56.0 Å². The molecule has 2 fully saturated rings. The molecule has 0 aromatic heterocycles. The van der Waals surface area contributed by atoms with Gasteiger partial charge in [-0.05, 0) is 49.6 Å². The topological polar surface area (TPSA) is 79.3 Å². The fraction of sp³-hybridized carbons (Fsp3) is 0.407. The molecular formula is C27H32N2O5. The Kier molecular flexibility index (Phi) is 7.34. The predicted molar refractivity (Wildman–Crippen MR) is 130 cm³/mol. The van der Waals surface area contributed by atoms with Crippen LogP contribution in [0.2, 0.25) is 0 Å². The van der Waals surface area contributed by atoms with E-state index in [1.807, 2.05) is 38.1 Å². The SMILES string of the molecule is COc1ccc(/C(O)=C2/C(=O)C(=O)N(CCCN3CCOCC3)C2c2ccc(C)cc2)c(C)c1. The van der Waals surface area contributed by atoms with Crippen LogP contribution in [0.25, 0.3) is 5.76 Å². The number of amides is 1. The molecule has 2 aliphatic heterocycles. The number of morpholine rings is 1. The number of aliphatic hydroxyl groups is 1. The molecule has 2 heterocycles. The summed E-state index contributed by atoms with van der Waals surface area (Å²) in [4.78, 5) is 30.3. The Hall–Kier alpha value is -3.16. The van der Waals surface area contributed by atoms with Crippen molar-refractivity contribution in [2.75, 3.05) is 46.5 Å². The van der Waals surface area contributed by atoms with Gasteiger partial charge in [-0.25, -0.2) is 0 Å². The van der Waals surface area contributed by atoms with E-state index >= 15 is 0 Å². The summed E-state index contributed by atoms with van der Waals surface area (Å²) in [5.41, 5.74) is 3.30. The molecule has 0 aliphatic carbocycles. The summed E-state index contributed by atoms with van der Waals surface area (Å²) in [6.07, 6.45) is 0.733. The second kappa shape index (κ2) is 10.4. The molecule has 0 spiro atoms. The van der Waals surface area contributed by atoms with Crippen molar-refractivity contribution in [3.05, 3.63) is 70.3 Å². The zero-order valence-corrected chi connectivity index (χ0v) is 20.0. The number of nitrogens with zero attached hydrogens (tertiary/aromatic N) is 2. The van der Waals surface area contributed by atoms with Crippen LogP contribution in [0.1, 0.15) is 34.7 Å². The van der Waals surface area contributed by atoms with Gasteiger partial charge in [-0.1, -0.05) is 29.8 Å². The Morgan fingerprint density at radius 1 is 1.06 bits per heavy atom. The number of methoxy groups -OCH3 is 1. The number of aryl methyl sites for hydroxylation is 2. The largest absolute Gasteiger partial charge is 0.507 e. The minimum atomic E-state index is -0.648. The van der Waals surface area contributed by atoms with Gasteiger partial charge in [0.1, 0.15) is 11.5 Å². The number of carbonyl (C=O) groups excluding carboxylic acids is 2. The number of hydrogen-bond acceptors (Lipinski definition) is 6. The predicted octanol–water partition coefficient (Wildman–Crippen LogP) is 3.46. The van der Waals surface area contributed by atoms with Gasteiger partial charge in [-0.3, -0.25) is 14.5 Å². The lowest BCUT2D eigenvalue weighted by atomic mass is 9.93. The third-order valence-corrected chi connectivity index (χ3v) is 6.60. The average Bonchev–Trinajstić information content (AvgIpc) is 3.09. The van der Waals surface area contributed by atoms with Crippen molar-refractivity contribution in [1.29, 1.82) is 0 Å². The fourth-order valence-electron chi connectivity index (χ4n) is 4.67. The van der Waals surface area contributed by atoms with Crippen molar-refractivity contribution in [3.63, 3.8) is 0 Å². The Balaban J connectivity index is 1.69. The van der Waals surface area contributed by atoms with Gasteiger partial charge in [-0.15, -0.1) is 0 Å². The third-order valence-electron chi connectivity index (χ3n) is 6.60. The Morgan fingerprint density at radius 2 is 1.76 bits per heavy atom. The van der Waals surface area contributed by atoms with Gasteiger partial charge in [-0.2, -0.15) is 0 Å². The summed E-state index contributed by atoms with van der Waals surface area (Å²) in [6, 6.07) is 12.4. The second-order valence-electron chi connectivity index (χ2n) is 8.89. The molecule has 0 bridgehead atoms. The maximum atomic E-state index is 13.2. The lowest BCUT2D eigenvalue weighted by molar-refractivity contribution is -0.140. The molecule has 34 heavy (non-hydrogen) atoms. The van der Waals surface area contributed by atoms with Crippen molar-refractivity contribution in [2.24, 2.45) is 0 Å². The second-order valence-corrected chi connectivity index (χ2v) is 8.89. The van der Waals surface area contributed by atoms with Gasteiger partial charge in [0, 0.05) is 31.7 Å². The summed E-state index contributed by atoms with van der Waals surface area (Å²) in [7, 11) is 1.58. The molecule has 7 nitrogen and oxygen atoms in total. The summed E-state index contributed by atoms with van der Waals surface area (Å²) in [5.74, 6) is -0.711. The first-order chi connectivity index (χ1) is 16.4. The van der Waals surface area contributed by atoms with Crippen LogP contribution >= 0.6 is 0 Å². The molecule has 2 saturated heterocycles. The lowest BCUT2D eigenvalue weighted by Gasteiger charge is -2.29. The highest BCUT2D eigenvalue weighted by atomic mass is 16.5. The molecule has 0 saturated carbocycles. The first kappa shape index (κ1) is 24.0. The van der Waals surface area contributed by atoms with Gasteiger partial charge in [0.25, 0.3) is 11.7 Å². The molecule has 0 radical (unpaired) electrons. The fourth-order valence-corrected chi connectivity index (χ4v) is 4.67. The molecule has 1 unspecified atom stereocenters. The van der Waals surface area contributed by atoms with Crippen LogP contribution in [0.4, 0.5) is 0 Å². The van der Waals surface area contributed by atoms with E-state index in [9.17, 15) is 14.7 Å². The Bertz CT molecular complexity index is 1090.